The maximum absolute atomic E-state index is 5.47. The summed E-state index contributed by atoms with van der Waals surface area (Å²) in [5.41, 5.74) is 1.96. The van der Waals surface area contributed by atoms with Crippen LogP contribution in [0.5, 0.6) is 5.75 Å². The van der Waals surface area contributed by atoms with Gasteiger partial charge in [-0.15, -0.1) is 0 Å². The van der Waals surface area contributed by atoms with Gasteiger partial charge in [-0.3, -0.25) is 4.90 Å². The smallest absolute Gasteiger partial charge is 0.241 e. The second-order valence-electron chi connectivity index (χ2n) is 7.60. The van der Waals surface area contributed by atoms with Crippen LogP contribution < -0.4 is 4.74 Å². The monoisotopic (exact) mass is 411 g/mol. The highest BCUT2D eigenvalue weighted by Gasteiger charge is 2.19. The highest BCUT2D eigenvalue weighted by molar-refractivity contribution is 5.55. The average Bonchev–Trinajstić information content (AvgIpc) is 3.45. The zero-order valence-electron chi connectivity index (χ0n) is 17.7. The molecule has 0 atom stereocenters. The maximum atomic E-state index is 5.47. The van der Waals surface area contributed by atoms with Crippen LogP contribution >= 0.6 is 0 Å². The Morgan fingerprint density at radius 1 is 1.00 bits per heavy atom. The summed E-state index contributed by atoms with van der Waals surface area (Å²) >= 11 is 0. The molecule has 0 bridgehead atoms. The first-order valence-electron chi connectivity index (χ1n) is 10.6. The lowest BCUT2D eigenvalue weighted by atomic mass is 10.2. The van der Waals surface area contributed by atoms with E-state index in [0.29, 0.717) is 18.3 Å². The van der Waals surface area contributed by atoms with Crippen LogP contribution in [0.4, 0.5) is 0 Å². The molecule has 1 fully saturated rings. The Morgan fingerprint density at radius 2 is 1.77 bits per heavy atom. The van der Waals surface area contributed by atoms with Gasteiger partial charge >= 0.3 is 0 Å². The summed E-state index contributed by atoms with van der Waals surface area (Å²) in [7, 11) is 1.65. The number of ether oxygens (including phenoxy) is 1. The van der Waals surface area contributed by atoms with E-state index < -0.39 is 0 Å². The molecule has 1 aliphatic rings. The molecule has 3 aromatic rings. The number of hydrogen-bond donors (Lipinski definition) is 0. The molecule has 0 radical (unpaired) electrons. The van der Waals surface area contributed by atoms with Crippen LogP contribution in [-0.4, -0.2) is 64.9 Å². The van der Waals surface area contributed by atoms with Crippen molar-refractivity contribution in [3.63, 3.8) is 0 Å². The quantitative estimate of drug-likeness (QED) is 0.531. The third-order valence-corrected chi connectivity index (χ3v) is 5.51. The van der Waals surface area contributed by atoms with E-state index in [1.807, 2.05) is 24.3 Å². The molecule has 4 rings (SSSR count). The Bertz CT molecular complexity index is 913. The lowest BCUT2D eigenvalue weighted by Crippen LogP contribution is -2.46. The third kappa shape index (κ3) is 5.25. The van der Waals surface area contributed by atoms with Gasteiger partial charge in [0.2, 0.25) is 11.7 Å². The Morgan fingerprint density at radius 3 is 2.47 bits per heavy atom. The third-order valence-electron chi connectivity index (χ3n) is 5.51. The zero-order chi connectivity index (χ0) is 20.8. The van der Waals surface area contributed by atoms with Crippen LogP contribution in [0.1, 0.15) is 30.7 Å². The van der Waals surface area contributed by atoms with Crippen molar-refractivity contribution >= 4 is 0 Å². The van der Waals surface area contributed by atoms with Gasteiger partial charge in [0.25, 0.3) is 0 Å². The van der Waals surface area contributed by atoms with Gasteiger partial charge in [-0.2, -0.15) is 4.98 Å². The molecule has 3 heterocycles. The van der Waals surface area contributed by atoms with Crippen molar-refractivity contribution in [3.05, 3.63) is 47.7 Å². The number of benzene rings is 1. The molecule has 2 aromatic heterocycles. The molecule has 0 aliphatic carbocycles. The second-order valence-corrected chi connectivity index (χ2v) is 7.60. The molecule has 1 aromatic carbocycles. The highest BCUT2D eigenvalue weighted by atomic mass is 16.5. The first-order valence-corrected chi connectivity index (χ1v) is 10.6. The highest BCUT2D eigenvalue weighted by Crippen LogP contribution is 2.20. The van der Waals surface area contributed by atoms with E-state index in [1.54, 1.807) is 7.11 Å². The van der Waals surface area contributed by atoms with Crippen molar-refractivity contribution < 1.29 is 13.8 Å². The molecule has 160 valence electrons. The Balaban J connectivity index is 1.19. The van der Waals surface area contributed by atoms with Crippen LogP contribution in [0, 0.1) is 0 Å². The van der Waals surface area contributed by atoms with Crippen molar-refractivity contribution in [2.24, 2.45) is 0 Å². The van der Waals surface area contributed by atoms with Crippen LogP contribution in [0.15, 0.2) is 39.4 Å². The van der Waals surface area contributed by atoms with Crippen LogP contribution in [0.3, 0.4) is 0 Å². The van der Waals surface area contributed by atoms with Crippen LogP contribution in [0.2, 0.25) is 0 Å². The SMILES string of the molecule is CCc1cc(CCCN2CCN(Cc3nc(-c4ccc(OC)cc4)no3)CC2)on1. The van der Waals surface area contributed by atoms with Crippen LogP contribution in [0.25, 0.3) is 11.4 Å². The van der Waals surface area contributed by atoms with Gasteiger partial charge in [0.15, 0.2) is 0 Å². The summed E-state index contributed by atoms with van der Waals surface area (Å²) < 4.78 is 16.0. The van der Waals surface area contributed by atoms with Gasteiger partial charge in [0.1, 0.15) is 11.5 Å². The second kappa shape index (κ2) is 9.86. The zero-order valence-corrected chi connectivity index (χ0v) is 17.7. The first-order chi connectivity index (χ1) is 14.7. The molecular formula is C22H29N5O3. The van der Waals surface area contributed by atoms with Gasteiger partial charge in [-0.1, -0.05) is 17.2 Å². The normalized spacial score (nSPS) is 15.5. The average molecular weight is 412 g/mol. The summed E-state index contributed by atoms with van der Waals surface area (Å²) in [5.74, 6) is 3.08. The molecular weight excluding hydrogens is 382 g/mol. The molecule has 30 heavy (non-hydrogen) atoms. The van der Waals surface area contributed by atoms with Crippen molar-refractivity contribution in [2.45, 2.75) is 32.7 Å². The summed E-state index contributed by atoms with van der Waals surface area (Å²) in [6.07, 6.45) is 2.96. The van der Waals surface area contributed by atoms with E-state index in [4.69, 9.17) is 13.8 Å². The Labute approximate surface area is 176 Å². The minimum atomic E-state index is 0.616. The fourth-order valence-electron chi connectivity index (χ4n) is 3.66. The minimum absolute atomic E-state index is 0.616. The molecule has 0 unspecified atom stereocenters. The number of methoxy groups -OCH3 is 1. The minimum Gasteiger partial charge on any atom is -0.497 e. The molecule has 0 saturated carbocycles. The van der Waals surface area contributed by atoms with E-state index in [1.165, 1.54) is 0 Å². The van der Waals surface area contributed by atoms with E-state index >= 15 is 0 Å². The molecule has 1 saturated heterocycles. The fourth-order valence-corrected chi connectivity index (χ4v) is 3.66. The molecule has 0 spiro atoms. The molecule has 8 nitrogen and oxygen atoms in total. The van der Waals surface area contributed by atoms with Gasteiger partial charge in [-0.25, -0.2) is 0 Å². The number of hydrogen-bond acceptors (Lipinski definition) is 8. The summed E-state index contributed by atoms with van der Waals surface area (Å²) in [6, 6.07) is 9.75. The van der Waals surface area contributed by atoms with E-state index in [2.05, 4.69) is 38.1 Å². The molecule has 8 heteroatoms. The number of rotatable bonds is 9. The number of aryl methyl sites for hydroxylation is 2. The van der Waals surface area contributed by atoms with Gasteiger partial charge in [0, 0.05) is 44.2 Å². The van der Waals surface area contributed by atoms with E-state index in [0.717, 1.165) is 74.8 Å². The predicted octanol–water partition coefficient (Wildman–Crippen LogP) is 3.05. The largest absolute Gasteiger partial charge is 0.497 e. The lowest BCUT2D eigenvalue weighted by molar-refractivity contribution is 0.115. The molecule has 0 N–H and O–H groups in total. The predicted molar refractivity (Wildman–Crippen MR) is 112 cm³/mol. The van der Waals surface area contributed by atoms with Crippen molar-refractivity contribution in [1.82, 2.24) is 25.1 Å². The van der Waals surface area contributed by atoms with Crippen molar-refractivity contribution in [2.75, 3.05) is 39.8 Å². The molecule has 0 amide bonds. The van der Waals surface area contributed by atoms with Gasteiger partial charge in [0.05, 0.1) is 19.3 Å². The molecule has 1 aliphatic heterocycles. The number of piperazine rings is 1. The first kappa shape index (κ1) is 20.6. The summed E-state index contributed by atoms with van der Waals surface area (Å²) in [4.78, 5) is 9.42. The fraction of sp³-hybridized carbons (Fsp3) is 0.500. The van der Waals surface area contributed by atoms with Gasteiger partial charge in [-0.05, 0) is 43.7 Å². The number of nitrogens with zero attached hydrogens (tertiary/aromatic N) is 5. The van der Waals surface area contributed by atoms with Gasteiger partial charge < -0.3 is 18.7 Å². The van der Waals surface area contributed by atoms with Crippen molar-refractivity contribution in [3.8, 4) is 17.1 Å². The standard InChI is InChI=1S/C22H29N5O3/c1-3-18-15-20(29-24-18)5-4-10-26-11-13-27(14-12-26)16-21-23-22(25-30-21)17-6-8-19(28-2)9-7-17/h6-9,15H,3-5,10-14,16H2,1-2H3. The maximum Gasteiger partial charge on any atom is 0.241 e. The lowest BCUT2D eigenvalue weighted by Gasteiger charge is -2.33. The summed E-state index contributed by atoms with van der Waals surface area (Å²) in [5, 5.41) is 8.18. The topological polar surface area (TPSA) is 80.7 Å². The Hall–Kier alpha value is -2.71. The summed E-state index contributed by atoms with van der Waals surface area (Å²) in [6.45, 7) is 7.97. The van der Waals surface area contributed by atoms with E-state index in [-0.39, 0.29) is 0 Å². The number of aromatic nitrogens is 3. The van der Waals surface area contributed by atoms with E-state index in [9.17, 15) is 0 Å². The Kier molecular flexibility index (Phi) is 6.76. The van der Waals surface area contributed by atoms with Crippen LogP contribution in [-0.2, 0) is 19.4 Å². The van der Waals surface area contributed by atoms with Crippen molar-refractivity contribution in [1.29, 1.82) is 0 Å².